The number of carbonyl (C=O) groups is 1. The molecule has 5 rings (SSSR count). The number of aromatic nitrogens is 1. The fourth-order valence-corrected chi connectivity index (χ4v) is 5.34. The van der Waals surface area contributed by atoms with Crippen LogP contribution in [0, 0.1) is 28.5 Å². The molecular formula is C28H26FN5O2. The number of hydrogen-bond donors (Lipinski definition) is 1. The number of anilines is 1. The van der Waals surface area contributed by atoms with Crippen LogP contribution >= 0.6 is 0 Å². The van der Waals surface area contributed by atoms with Gasteiger partial charge in [-0.05, 0) is 36.6 Å². The number of carbonyl (C=O) groups excluding carboxylic acids is 1. The van der Waals surface area contributed by atoms with E-state index in [-0.39, 0.29) is 31.8 Å². The van der Waals surface area contributed by atoms with Crippen LogP contribution in [0.3, 0.4) is 0 Å². The van der Waals surface area contributed by atoms with Crippen LogP contribution in [0.2, 0.25) is 0 Å². The Hall–Kier alpha value is -4.01. The Morgan fingerprint density at radius 3 is 2.31 bits per heavy atom. The summed E-state index contributed by atoms with van der Waals surface area (Å²) < 4.78 is 14.4. The minimum Gasteiger partial charge on any atom is -0.375 e. The third-order valence-electron chi connectivity index (χ3n) is 7.59. The number of rotatable bonds is 3. The Labute approximate surface area is 209 Å². The first kappa shape index (κ1) is 23.7. The van der Waals surface area contributed by atoms with Gasteiger partial charge in [-0.25, -0.2) is 4.39 Å². The highest BCUT2D eigenvalue weighted by atomic mass is 19.1. The summed E-state index contributed by atoms with van der Waals surface area (Å²) in [4.78, 5) is 21.8. The van der Waals surface area contributed by atoms with Crippen molar-refractivity contribution in [1.82, 2.24) is 9.88 Å². The fraction of sp³-hybridized carbons (Fsp3) is 0.357. The largest absolute Gasteiger partial charge is 0.375 e. The second-order valence-corrected chi connectivity index (χ2v) is 9.66. The topological polar surface area (TPSA) is 104 Å². The third-order valence-corrected chi connectivity index (χ3v) is 7.59. The quantitative estimate of drug-likeness (QED) is 0.566. The maximum atomic E-state index is 14.4. The lowest BCUT2D eigenvalue weighted by Crippen LogP contribution is -2.47. The van der Waals surface area contributed by atoms with E-state index in [1.165, 1.54) is 18.3 Å². The lowest BCUT2D eigenvalue weighted by atomic mass is 9.74. The van der Waals surface area contributed by atoms with Crippen LogP contribution in [0.1, 0.15) is 41.6 Å². The lowest BCUT2D eigenvalue weighted by molar-refractivity contribution is 0.0236. The van der Waals surface area contributed by atoms with E-state index in [9.17, 15) is 24.8 Å². The summed E-state index contributed by atoms with van der Waals surface area (Å²) in [6, 6.07) is 18.6. The summed E-state index contributed by atoms with van der Waals surface area (Å²) in [7, 11) is 0. The number of piperidine rings is 2. The maximum absolute atomic E-state index is 14.4. The first-order valence-electron chi connectivity index (χ1n) is 12.1. The number of likely N-dealkylation sites (tertiary alicyclic amines) is 1. The van der Waals surface area contributed by atoms with Crippen LogP contribution in [0.25, 0.3) is 10.9 Å². The van der Waals surface area contributed by atoms with Gasteiger partial charge in [-0.2, -0.15) is 10.5 Å². The molecule has 0 atom stereocenters. The van der Waals surface area contributed by atoms with Gasteiger partial charge in [-0.1, -0.05) is 30.3 Å². The van der Waals surface area contributed by atoms with Crippen molar-refractivity contribution in [2.24, 2.45) is 0 Å². The van der Waals surface area contributed by atoms with Gasteiger partial charge >= 0.3 is 0 Å². The van der Waals surface area contributed by atoms with Gasteiger partial charge in [0.05, 0.1) is 34.3 Å². The molecule has 1 aromatic heterocycles. The Kier molecular flexibility index (Phi) is 6.07. The summed E-state index contributed by atoms with van der Waals surface area (Å²) in [5, 5.41) is 30.1. The van der Waals surface area contributed by atoms with Crippen LogP contribution in [0.5, 0.6) is 0 Å². The number of nitriles is 2. The number of pyridine rings is 1. The Morgan fingerprint density at radius 1 is 0.972 bits per heavy atom. The normalized spacial score (nSPS) is 18.9. The first-order valence-corrected chi connectivity index (χ1v) is 12.1. The number of amides is 1. The minimum atomic E-state index is -1.42. The zero-order valence-corrected chi connectivity index (χ0v) is 19.8. The average Bonchev–Trinajstić information content (AvgIpc) is 2.93. The van der Waals surface area contributed by atoms with E-state index in [0.717, 1.165) is 5.56 Å². The molecule has 8 heteroatoms. The van der Waals surface area contributed by atoms with Crippen LogP contribution in [-0.2, 0) is 5.41 Å². The van der Waals surface area contributed by atoms with Crippen molar-refractivity contribution in [3.8, 4) is 12.1 Å². The molecule has 2 saturated heterocycles. The number of nitrogens with zero attached hydrogens (tertiary/aromatic N) is 5. The summed E-state index contributed by atoms with van der Waals surface area (Å²) in [5.74, 6) is -0.677. The molecule has 36 heavy (non-hydrogen) atoms. The maximum Gasteiger partial charge on any atom is 0.257 e. The molecule has 2 aliphatic heterocycles. The van der Waals surface area contributed by atoms with Gasteiger partial charge < -0.3 is 14.9 Å². The van der Waals surface area contributed by atoms with Gasteiger partial charge in [-0.3, -0.25) is 9.78 Å². The zero-order valence-electron chi connectivity index (χ0n) is 19.8. The molecule has 1 amide bonds. The van der Waals surface area contributed by atoms with Crippen molar-refractivity contribution in [3.05, 3.63) is 71.7 Å². The van der Waals surface area contributed by atoms with Crippen molar-refractivity contribution in [2.45, 2.75) is 36.7 Å². The number of benzene rings is 2. The Bertz CT molecular complexity index is 1380. The van der Waals surface area contributed by atoms with Gasteiger partial charge in [0.15, 0.2) is 5.60 Å². The van der Waals surface area contributed by atoms with Gasteiger partial charge in [0.1, 0.15) is 5.82 Å². The number of hydrogen-bond acceptors (Lipinski definition) is 6. The van der Waals surface area contributed by atoms with Gasteiger partial charge in [0, 0.05) is 50.6 Å². The van der Waals surface area contributed by atoms with E-state index in [4.69, 9.17) is 0 Å². The summed E-state index contributed by atoms with van der Waals surface area (Å²) in [6.45, 7) is 1.53. The predicted octanol–water partition coefficient (Wildman–Crippen LogP) is 3.93. The highest BCUT2D eigenvalue weighted by molar-refractivity contribution is 6.07. The van der Waals surface area contributed by atoms with Crippen molar-refractivity contribution < 1.29 is 14.3 Å². The molecule has 2 fully saturated rings. The average molecular weight is 484 g/mol. The predicted molar refractivity (Wildman–Crippen MR) is 133 cm³/mol. The molecule has 0 aliphatic carbocycles. The zero-order chi connectivity index (χ0) is 25.3. The third kappa shape index (κ3) is 4.14. The molecule has 182 valence electrons. The van der Waals surface area contributed by atoms with E-state index in [1.807, 2.05) is 36.4 Å². The molecule has 2 aliphatic rings. The van der Waals surface area contributed by atoms with Gasteiger partial charge in [-0.15, -0.1) is 0 Å². The standard InChI is InChI=1S/C28H26FN5O2/c29-21-6-7-24-22(16-21)25(23(17-32-24)26(35)34-14-10-28(36,19-31)11-15-34)33-12-8-27(18-30,9-13-33)20-4-2-1-3-5-20/h1-7,16-17,36H,8-15H2. The van der Waals surface area contributed by atoms with Gasteiger partial charge in [0.25, 0.3) is 5.91 Å². The summed E-state index contributed by atoms with van der Waals surface area (Å²) in [6.07, 6.45) is 3.02. The molecule has 0 spiro atoms. The van der Waals surface area contributed by atoms with E-state index >= 15 is 0 Å². The SMILES string of the molecule is N#CC1(O)CCN(C(=O)c2cnc3ccc(F)cc3c2N2CCC(C#N)(c3ccccc3)CC2)CC1. The van der Waals surface area contributed by atoms with Crippen LogP contribution in [0.15, 0.2) is 54.7 Å². The monoisotopic (exact) mass is 483 g/mol. The molecule has 7 nitrogen and oxygen atoms in total. The van der Waals surface area contributed by atoms with Crippen LogP contribution in [-0.4, -0.2) is 52.7 Å². The molecule has 0 saturated carbocycles. The second-order valence-electron chi connectivity index (χ2n) is 9.66. The van der Waals surface area contributed by atoms with E-state index in [1.54, 1.807) is 11.0 Å². The summed E-state index contributed by atoms with van der Waals surface area (Å²) >= 11 is 0. The van der Waals surface area contributed by atoms with E-state index in [0.29, 0.717) is 48.1 Å². The van der Waals surface area contributed by atoms with Crippen molar-refractivity contribution in [1.29, 1.82) is 10.5 Å². The highest BCUT2D eigenvalue weighted by Crippen LogP contribution is 2.40. The highest BCUT2D eigenvalue weighted by Gasteiger charge is 2.39. The van der Waals surface area contributed by atoms with Gasteiger partial charge in [0.2, 0.25) is 0 Å². The van der Waals surface area contributed by atoms with Crippen LogP contribution in [0.4, 0.5) is 10.1 Å². The second kappa shape index (κ2) is 9.22. The number of fused-ring (bicyclic) bond motifs is 1. The molecule has 0 unspecified atom stereocenters. The molecule has 3 heterocycles. The Balaban J connectivity index is 1.50. The number of halogens is 1. The van der Waals surface area contributed by atoms with Crippen molar-refractivity contribution in [2.75, 3.05) is 31.1 Å². The fourth-order valence-electron chi connectivity index (χ4n) is 5.34. The smallest absolute Gasteiger partial charge is 0.257 e. The molecular weight excluding hydrogens is 457 g/mol. The molecule has 0 radical (unpaired) electrons. The van der Waals surface area contributed by atoms with Crippen molar-refractivity contribution >= 4 is 22.5 Å². The number of aliphatic hydroxyl groups is 1. The first-order chi connectivity index (χ1) is 17.4. The van der Waals surface area contributed by atoms with Crippen LogP contribution < -0.4 is 4.90 Å². The van der Waals surface area contributed by atoms with E-state index < -0.39 is 16.8 Å². The lowest BCUT2D eigenvalue weighted by Gasteiger charge is -2.40. The van der Waals surface area contributed by atoms with E-state index in [2.05, 4.69) is 16.0 Å². The minimum absolute atomic E-state index is 0.172. The molecule has 2 aromatic carbocycles. The summed E-state index contributed by atoms with van der Waals surface area (Å²) in [5.41, 5.74) is 0.498. The molecule has 0 bridgehead atoms. The molecule has 3 aromatic rings. The Morgan fingerprint density at radius 2 is 1.67 bits per heavy atom. The molecule has 1 N–H and O–H groups in total. The van der Waals surface area contributed by atoms with Crippen molar-refractivity contribution in [3.63, 3.8) is 0 Å².